The van der Waals surface area contributed by atoms with Gasteiger partial charge in [-0.05, 0) is 37.5 Å². The van der Waals surface area contributed by atoms with Crippen LogP contribution in [0.15, 0.2) is 18.2 Å². The van der Waals surface area contributed by atoms with E-state index >= 15 is 0 Å². The Kier molecular flexibility index (Phi) is 4.34. The van der Waals surface area contributed by atoms with Crippen LogP contribution in [0.1, 0.15) is 31.0 Å². The Labute approximate surface area is 150 Å². The molecule has 7 nitrogen and oxygen atoms in total. The molecule has 1 unspecified atom stereocenters. The van der Waals surface area contributed by atoms with E-state index < -0.39 is 9.84 Å². The summed E-state index contributed by atoms with van der Waals surface area (Å²) in [5.74, 6) is 0.902. The molecule has 0 bridgehead atoms. The number of sulfone groups is 1. The highest BCUT2D eigenvalue weighted by molar-refractivity contribution is 7.91. The average molecular weight is 380 g/mol. The number of aromatic amines is 1. The highest BCUT2D eigenvalue weighted by Crippen LogP contribution is 2.28. The van der Waals surface area contributed by atoms with Crippen LogP contribution in [-0.4, -0.2) is 60.0 Å². The zero-order valence-electron chi connectivity index (χ0n) is 14.2. The fourth-order valence-electron chi connectivity index (χ4n) is 3.73. The highest BCUT2D eigenvalue weighted by atomic mass is 32.2. The molecule has 2 saturated heterocycles. The van der Waals surface area contributed by atoms with Gasteiger partial charge >= 0.3 is 6.03 Å². The summed E-state index contributed by atoms with van der Waals surface area (Å²) >= 11 is 0. The molecule has 3 heterocycles. The van der Waals surface area contributed by atoms with Crippen LogP contribution in [-0.2, 0) is 9.84 Å². The third kappa shape index (κ3) is 3.53. The first-order chi connectivity index (χ1) is 12.4. The molecule has 0 saturated carbocycles. The molecule has 9 heteroatoms. The summed E-state index contributed by atoms with van der Waals surface area (Å²) in [6.45, 7) is 1.17. The molecule has 0 aliphatic carbocycles. The minimum absolute atomic E-state index is 0.0325. The number of fused-ring (bicyclic) bond motifs is 1. The summed E-state index contributed by atoms with van der Waals surface area (Å²) in [5.41, 5.74) is 1.42. The lowest BCUT2D eigenvalue weighted by Gasteiger charge is -2.32. The monoisotopic (exact) mass is 380 g/mol. The van der Waals surface area contributed by atoms with Crippen molar-refractivity contribution in [2.24, 2.45) is 0 Å². The summed E-state index contributed by atoms with van der Waals surface area (Å²) in [4.78, 5) is 21.8. The number of aromatic nitrogens is 2. The number of hydrogen-bond donors (Lipinski definition) is 2. The zero-order valence-corrected chi connectivity index (χ0v) is 15.1. The van der Waals surface area contributed by atoms with E-state index in [0.717, 1.165) is 24.2 Å². The van der Waals surface area contributed by atoms with Gasteiger partial charge in [0.25, 0.3) is 0 Å². The predicted molar refractivity (Wildman–Crippen MR) is 95.2 cm³/mol. The van der Waals surface area contributed by atoms with Crippen molar-refractivity contribution < 1.29 is 17.6 Å². The Morgan fingerprint density at radius 2 is 2.04 bits per heavy atom. The minimum atomic E-state index is -3.00. The number of nitrogens with zero attached hydrogens (tertiary/aromatic N) is 2. The fraction of sp³-hybridized carbons (Fsp3) is 0.529. The van der Waals surface area contributed by atoms with Gasteiger partial charge < -0.3 is 15.2 Å². The first kappa shape index (κ1) is 17.3. The van der Waals surface area contributed by atoms with Crippen LogP contribution in [0.2, 0.25) is 0 Å². The molecule has 0 spiro atoms. The molecule has 2 N–H and O–H groups in total. The van der Waals surface area contributed by atoms with Gasteiger partial charge in [-0.15, -0.1) is 0 Å². The van der Waals surface area contributed by atoms with Crippen LogP contribution in [0.4, 0.5) is 9.18 Å². The molecule has 2 fully saturated rings. The summed E-state index contributed by atoms with van der Waals surface area (Å²) in [7, 11) is -3.00. The molecule has 1 aromatic heterocycles. The van der Waals surface area contributed by atoms with Gasteiger partial charge in [-0.2, -0.15) is 0 Å². The largest absolute Gasteiger partial charge is 0.342 e. The number of halogens is 1. The standard InChI is InChI=1S/C17H21FN4O3S/c18-12-1-2-14-15(9-12)21-16(20-14)11-3-6-22(7-4-11)17(23)19-13-5-8-26(24,25)10-13/h1-2,9,11,13H,3-8,10H2,(H,19,23)(H,20,21). The van der Waals surface area contributed by atoms with Gasteiger partial charge in [0.1, 0.15) is 11.6 Å². The SMILES string of the molecule is O=C(NC1CCS(=O)(=O)C1)N1CCC(c2nc3ccc(F)cc3[nH]2)CC1. The Bertz CT molecular complexity index is 935. The van der Waals surface area contributed by atoms with E-state index in [9.17, 15) is 17.6 Å². The van der Waals surface area contributed by atoms with Crippen molar-refractivity contribution in [1.82, 2.24) is 20.2 Å². The Balaban J connectivity index is 1.35. The van der Waals surface area contributed by atoms with Crippen LogP contribution in [0.3, 0.4) is 0 Å². The number of piperidine rings is 1. The van der Waals surface area contributed by atoms with Crippen molar-refractivity contribution in [3.63, 3.8) is 0 Å². The van der Waals surface area contributed by atoms with E-state index in [1.165, 1.54) is 12.1 Å². The van der Waals surface area contributed by atoms with E-state index in [1.807, 2.05) is 0 Å². The molecule has 140 valence electrons. The Hall–Kier alpha value is -2.16. The van der Waals surface area contributed by atoms with Crippen LogP contribution >= 0.6 is 0 Å². The minimum Gasteiger partial charge on any atom is -0.342 e. The van der Waals surface area contributed by atoms with Crippen molar-refractivity contribution in [1.29, 1.82) is 0 Å². The van der Waals surface area contributed by atoms with Crippen LogP contribution in [0, 0.1) is 5.82 Å². The Morgan fingerprint density at radius 1 is 1.27 bits per heavy atom. The molecule has 1 aromatic carbocycles. The lowest BCUT2D eigenvalue weighted by molar-refractivity contribution is 0.177. The van der Waals surface area contributed by atoms with Gasteiger partial charge in [0.2, 0.25) is 0 Å². The zero-order chi connectivity index (χ0) is 18.3. The number of hydrogen-bond acceptors (Lipinski definition) is 4. The van der Waals surface area contributed by atoms with Crippen molar-refractivity contribution >= 4 is 26.9 Å². The average Bonchev–Trinajstić information content (AvgIpc) is 3.17. The maximum atomic E-state index is 13.3. The molecule has 2 aliphatic rings. The van der Waals surface area contributed by atoms with Gasteiger partial charge in [0.15, 0.2) is 9.84 Å². The van der Waals surface area contributed by atoms with E-state index in [4.69, 9.17) is 0 Å². The summed E-state index contributed by atoms with van der Waals surface area (Å²) in [6, 6.07) is 4.00. The van der Waals surface area contributed by atoms with Crippen LogP contribution in [0.5, 0.6) is 0 Å². The molecule has 26 heavy (non-hydrogen) atoms. The summed E-state index contributed by atoms with van der Waals surface area (Å²) < 4.78 is 36.3. The van der Waals surface area contributed by atoms with E-state index in [1.54, 1.807) is 11.0 Å². The third-order valence-electron chi connectivity index (χ3n) is 5.19. The number of likely N-dealkylation sites (tertiary alicyclic amines) is 1. The number of H-pyrrole nitrogens is 1. The topological polar surface area (TPSA) is 95.2 Å². The van der Waals surface area contributed by atoms with Crippen molar-refractivity contribution in [2.75, 3.05) is 24.6 Å². The third-order valence-corrected chi connectivity index (χ3v) is 6.96. The quantitative estimate of drug-likeness (QED) is 0.830. The van der Waals surface area contributed by atoms with Gasteiger partial charge in [0.05, 0.1) is 22.5 Å². The Morgan fingerprint density at radius 3 is 2.73 bits per heavy atom. The first-order valence-corrected chi connectivity index (χ1v) is 10.6. The highest BCUT2D eigenvalue weighted by Gasteiger charge is 2.31. The number of nitrogens with one attached hydrogen (secondary N) is 2. The van der Waals surface area contributed by atoms with Gasteiger partial charge in [-0.1, -0.05) is 0 Å². The summed E-state index contributed by atoms with van der Waals surface area (Å²) in [6.07, 6.45) is 2.01. The molecular formula is C17H21FN4O3S. The maximum absolute atomic E-state index is 13.3. The van der Waals surface area contributed by atoms with Crippen molar-refractivity contribution in [3.05, 3.63) is 29.8 Å². The van der Waals surface area contributed by atoms with Gasteiger partial charge in [-0.3, -0.25) is 0 Å². The molecule has 1 atom stereocenters. The first-order valence-electron chi connectivity index (χ1n) is 8.81. The molecule has 4 rings (SSSR count). The number of amides is 2. The van der Waals surface area contributed by atoms with Crippen molar-refractivity contribution in [2.45, 2.75) is 31.2 Å². The molecule has 2 aliphatic heterocycles. The molecule has 2 aromatic rings. The van der Waals surface area contributed by atoms with Crippen LogP contribution in [0.25, 0.3) is 11.0 Å². The number of benzene rings is 1. The predicted octanol–water partition coefficient (Wildman–Crippen LogP) is 1.78. The lowest BCUT2D eigenvalue weighted by atomic mass is 9.96. The van der Waals surface area contributed by atoms with E-state index in [0.29, 0.717) is 25.0 Å². The van der Waals surface area contributed by atoms with Gasteiger partial charge in [0, 0.05) is 25.0 Å². The second-order valence-electron chi connectivity index (χ2n) is 7.09. The van der Waals surface area contributed by atoms with Crippen LogP contribution < -0.4 is 5.32 Å². The number of imidazole rings is 1. The molecule has 0 radical (unpaired) electrons. The fourth-order valence-corrected chi connectivity index (χ4v) is 5.40. The summed E-state index contributed by atoms with van der Waals surface area (Å²) in [5, 5.41) is 2.83. The lowest BCUT2D eigenvalue weighted by Crippen LogP contribution is -2.48. The molecular weight excluding hydrogens is 359 g/mol. The normalized spacial score (nSPS) is 23.4. The number of urea groups is 1. The molecule has 2 amide bonds. The second-order valence-corrected chi connectivity index (χ2v) is 9.32. The number of carbonyl (C=O) groups excluding carboxylic acids is 1. The maximum Gasteiger partial charge on any atom is 0.317 e. The van der Waals surface area contributed by atoms with Gasteiger partial charge in [-0.25, -0.2) is 22.6 Å². The van der Waals surface area contributed by atoms with Crippen molar-refractivity contribution in [3.8, 4) is 0 Å². The van der Waals surface area contributed by atoms with E-state index in [2.05, 4.69) is 15.3 Å². The number of rotatable bonds is 2. The second kappa shape index (κ2) is 6.53. The smallest absolute Gasteiger partial charge is 0.317 e. The van der Waals surface area contributed by atoms with E-state index in [-0.39, 0.29) is 35.3 Å². The number of carbonyl (C=O) groups is 1.